The van der Waals surface area contributed by atoms with Crippen LogP contribution in [0.4, 0.5) is 0 Å². The lowest BCUT2D eigenvalue weighted by Gasteiger charge is -2.26. The van der Waals surface area contributed by atoms with Crippen molar-refractivity contribution in [1.29, 1.82) is 0 Å². The molecule has 2 atom stereocenters. The topological polar surface area (TPSA) is 20.3 Å². The lowest BCUT2D eigenvalue weighted by molar-refractivity contribution is 0.0889. The molecule has 1 fully saturated rings. The van der Waals surface area contributed by atoms with Crippen molar-refractivity contribution in [3.63, 3.8) is 0 Å². The fourth-order valence-corrected chi connectivity index (χ4v) is 3.95. The van der Waals surface area contributed by atoms with Crippen molar-refractivity contribution in [3.05, 3.63) is 21.4 Å². The van der Waals surface area contributed by atoms with E-state index in [1.165, 1.54) is 17.7 Å². The number of Topliss-reactive ketones (excluding diaryl/α,β-unsaturated/α-hetero) is 1. The van der Waals surface area contributed by atoms with Crippen LogP contribution in [0.1, 0.15) is 53.2 Å². The molecule has 0 aliphatic carbocycles. The predicted molar refractivity (Wildman–Crippen MR) is 77.6 cm³/mol. The van der Waals surface area contributed by atoms with Crippen LogP contribution in [0.2, 0.25) is 0 Å². The van der Waals surface area contributed by atoms with Crippen molar-refractivity contribution in [2.24, 2.45) is 0 Å². The van der Waals surface area contributed by atoms with Crippen LogP contribution in [-0.2, 0) is 0 Å². The average Bonchev–Trinajstić information content (AvgIpc) is 2.83. The highest BCUT2D eigenvalue weighted by Crippen LogP contribution is 2.27. The molecule has 0 N–H and O–H groups in total. The Balaban J connectivity index is 2.09. The largest absolute Gasteiger partial charge is 0.293 e. The molecule has 2 unspecified atom stereocenters. The van der Waals surface area contributed by atoms with E-state index < -0.39 is 0 Å². The van der Waals surface area contributed by atoms with Crippen molar-refractivity contribution in [3.8, 4) is 0 Å². The van der Waals surface area contributed by atoms with Crippen LogP contribution < -0.4 is 0 Å². The standard InChI is InChI=1S/C15H23NOS/c1-5-13-7-6-10(2)16(13)9-15(17)14-8-11(3)18-12(14)4/h8,10,13H,5-7,9H2,1-4H3. The molecule has 18 heavy (non-hydrogen) atoms. The van der Waals surface area contributed by atoms with Gasteiger partial charge in [0.05, 0.1) is 6.54 Å². The average molecular weight is 265 g/mol. The van der Waals surface area contributed by atoms with Crippen molar-refractivity contribution in [2.45, 2.75) is 59.0 Å². The molecular weight excluding hydrogens is 242 g/mol. The fourth-order valence-electron chi connectivity index (χ4n) is 3.01. The number of ketones is 1. The quantitative estimate of drug-likeness (QED) is 0.772. The Morgan fingerprint density at radius 3 is 2.72 bits per heavy atom. The molecule has 0 spiro atoms. The van der Waals surface area contributed by atoms with E-state index in [1.54, 1.807) is 11.3 Å². The molecule has 1 saturated heterocycles. The molecule has 1 aliphatic rings. The lowest BCUT2D eigenvalue weighted by atomic mass is 10.1. The maximum atomic E-state index is 12.4. The normalized spacial score (nSPS) is 24.7. The first-order chi connectivity index (χ1) is 8.52. The minimum atomic E-state index is 0.295. The molecule has 0 aromatic carbocycles. The molecule has 3 heteroatoms. The van der Waals surface area contributed by atoms with E-state index in [1.807, 2.05) is 6.07 Å². The second-order valence-corrected chi connectivity index (χ2v) is 6.87. The zero-order chi connectivity index (χ0) is 13.3. The third-order valence-electron chi connectivity index (χ3n) is 4.09. The van der Waals surface area contributed by atoms with Gasteiger partial charge in [-0.25, -0.2) is 0 Å². The van der Waals surface area contributed by atoms with Gasteiger partial charge in [-0.3, -0.25) is 9.69 Å². The van der Waals surface area contributed by atoms with Gasteiger partial charge in [-0.2, -0.15) is 0 Å². The van der Waals surface area contributed by atoms with Gasteiger partial charge >= 0.3 is 0 Å². The first-order valence-corrected chi connectivity index (χ1v) is 7.70. The number of carbonyl (C=O) groups is 1. The number of carbonyl (C=O) groups excluding carboxylic acids is 1. The molecule has 0 radical (unpaired) electrons. The van der Waals surface area contributed by atoms with E-state index in [0.29, 0.717) is 24.4 Å². The minimum absolute atomic E-state index is 0.295. The van der Waals surface area contributed by atoms with Crippen LogP contribution in [0.15, 0.2) is 6.07 Å². The molecular formula is C15H23NOS. The van der Waals surface area contributed by atoms with Crippen molar-refractivity contribution in [1.82, 2.24) is 4.90 Å². The van der Waals surface area contributed by atoms with Gasteiger partial charge in [-0.05, 0) is 46.1 Å². The number of nitrogens with zero attached hydrogens (tertiary/aromatic N) is 1. The van der Waals surface area contributed by atoms with Crippen molar-refractivity contribution < 1.29 is 4.79 Å². The number of thiophene rings is 1. The van der Waals surface area contributed by atoms with Gasteiger partial charge in [0.25, 0.3) is 0 Å². The summed E-state index contributed by atoms with van der Waals surface area (Å²) in [6, 6.07) is 3.20. The highest BCUT2D eigenvalue weighted by molar-refractivity contribution is 7.12. The monoisotopic (exact) mass is 265 g/mol. The maximum Gasteiger partial charge on any atom is 0.177 e. The zero-order valence-electron chi connectivity index (χ0n) is 11.8. The number of likely N-dealkylation sites (tertiary alicyclic amines) is 1. The Hall–Kier alpha value is -0.670. The SMILES string of the molecule is CCC1CCC(C)N1CC(=O)c1cc(C)sc1C. The molecule has 0 saturated carbocycles. The van der Waals surface area contributed by atoms with Gasteiger partial charge in [0.2, 0.25) is 0 Å². The van der Waals surface area contributed by atoms with E-state index in [0.717, 1.165) is 16.9 Å². The van der Waals surface area contributed by atoms with E-state index in [2.05, 4.69) is 32.6 Å². The van der Waals surface area contributed by atoms with Gasteiger partial charge in [0.15, 0.2) is 5.78 Å². The Labute approximate surface area is 114 Å². The Kier molecular flexibility index (Phi) is 4.23. The summed E-state index contributed by atoms with van der Waals surface area (Å²) in [7, 11) is 0. The third-order valence-corrected chi connectivity index (χ3v) is 5.06. The summed E-state index contributed by atoms with van der Waals surface area (Å²) in [6.45, 7) is 9.18. The third kappa shape index (κ3) is 2.67. The Morgan fingerprint density at radius 2 is 2.17 bits per heavy atom. The summed E-state index contributed by atoms with van der Waals surface area (Å²) in [6.07, 6.45) is 3.62. The summed E-state index contributed by atoms with van der Waals surface area (Å²) in [4.78, 5) is 17.2. The van der Waals surface area contributed by atoms with Crippen LogP contribution >= 0.6 is 11.3 Å². The van der Waals surface area contributed by atoms with E-state index in [9.17, 15) is 4.79 Å². The molecule has 1 aromatic heterocycles. The highest BCUT2D eigenvalue weighted by Gasteiger charge is 2.31. The number of rotatable bonds is 4. The predicted octanol–water partition coefficient (Wildman–Crippen LogP) is 3.81. The van der Waals surface area contributed by atoms with E-state index in [-0.39, 0.29) is 0 Å². The minimum Gasteiger partial charge on any atom is -0.293 e. The van der Waals surface area contributed by atoms with Gasteiger partial charge in [-0.15, -0.1) is 11.3 Å². The number of hydrogen-bond donors (Lipinski definition) is 0. The van der Waals surface area contributed by atoms with E-state index >= 15 is 0 Å². The number of hydrogen-bond acceptors (Lipinski definition) is 3. The van der Waals surface area contributed by atoms with Crippen LogP contribution in [0, 0.1) is 13.8 Å². The first kappa shape index (κ1) is 13.8. The summed E-state index contributed by atoms with van der Waals surface area (Å²) < 4.78 is 0. The molecule has 2 nitrogen and oxygen atoms in total. The molecule has 1 aromatic rings. The van der Waals surface area contributed by atoms with Crippen molar-refractivity contribution in [2.75, 3.05) is 6.54 Å². The van der Waals surface area contributed by atoms with Crippen LogP contribution in [0.5, 0.6) is 0 Å². The molecule has 100 valence electrons. The van der Waals surface area contributed by atoms with Gasteiger partial charge in [0.1, 0.15) is 0 Å². The number of aryl methyl sites for hydroxylation is 2. The van der Waals surface area contributed by atoms with E-state index in [4.69, 9.17) is 0 Å². The summed E-state index contributed by atoms with van der Waals surface area (Å²) >= 11 is 1.72. The molecule has 0 bridgehead atoms. The lowest BCUT2D eigenvalue weighted by Crippen LogP contribution is -2.38. The fraction of sp³-hybridized carbons (Fsp3) is 0.667. The molecule has 2 heterocycles. The van der Waals surface area contributed by atoms with Crippen molar-refractivity contribution >= 4 is 17.1 Å². The van der Waals surface area contributed by atoms with Crippen LogP contribution in [0.25, 0.3) is 0 Å². The summed E-state index contributed by atoms with van der Waals surface area (Å²) in [5.74, 6) is 0.295. The molecule has 0 amide bonds. The van der Waals surface area contributed by atoms with Gasteiger partial charge in [-0.1, -0.05) is 6.92 Å². The smallest absolute Gasteiger partial charge is 0.177 e. The van der Waals surface area contributed by atoms with Gasteiger partial charge in [0, 0.05) is 27.4 Å². The summed E-state index contributed by atoms with van der Waals surface area (Å²) in [5, 5.41) is 0. The zero-order valence-corrected chi connectivity index (χ0v) is 12.6. The summed E-state index contributed by atoms with van der Waals surface area (Å²) in [5.41, 5.74) is 0.937. The second kappa shape index (κ2) is 5.54. The van der Waals surface area contributed by atoms with Gasteiger partial charge < -0.3 is 0 Å². The molecule has 2 rings (SSSR count). The first-order valence-electron chi connectivity index (χ1n) is 6.89. The van der Waals surface area contributed by atoms with Crippen LogP contribution in [-0.4, -0.2) is 29.3 Å². The maximum absolute atomic E-state index is 12.4. The molecule has 1 aliphatic heterocycles. The van der Waals surface area contributed by atoms with Crippen LogP contribution in [0.3, 0.4) is 0 Å². The Bertz CT molecular complexity index is 438. The highest BCUT2D eigenvalue weighted by atomic mass is 32.1. The second-order valence-electron chi connectivity index (χ2n) is 5.41. The Morgan fingerprint density at radius 1 is 1.44 bits per heavy atom.